The number of nitriles is 1. The van der Waals surface area contributed by atoms with Gasteiger partial charge in [-0.1, -0.05) is 64.8 Å². The van der Waals surface area contributed by atoms with E-state index < -0.39 is 18.8 Å². The summed E-state index contributed by atoms with van der Waals surface area (Å²) in [6.45, 7) is 15.9. The average Bonchev–Trinajstić information content (AvgIpc) is 4.03. The number of H-pyrrole nitrogens is 1. The van der Waals surface area contributed by atoms with Crippen molar-refractivity contribution in [3.63, 3.8) is 0 Å². The van der Waals surface area contributed by atoms with Crippen LogP contribution < -0.4 is 10.9 Å². The van der Waals surface area contributed by atoms with E-state index in [1.54, 1.807) is 42.3 Å². The van der Waals surface area contributed by atoms with Crippen LogP contribution in [-0.4, -0.2) is 142 Å². The average molecular weight is 1090 g/mol. The highest BCUT2D eigenvalue weighted by Crippen LogP contribution is 2.67. The van der Waals surface area contributed by atoms with E-state index in [2.05, 4.69) is 52.9 Å². The number of aldehydes is 2. The molecule has 2 unspecified atom stereocenters. The van der Waals surface area contributed by atoms with Gasteiger partial charge in [-0.05, 0) is 107 Å². The Morgan fingerprint density at radius 3 is 2.05 bits per heavy atom. The number of fused-ring (bicyclic) bond motifs is 1. The fourth-order valence-corrected chi connectivity index (χ4v) is 8.60. The molecule has 2 aromatic carbocycles. The van der Waals surface area contributed by atoms with E-state index in [-0.39, 0.29) is 30.6 Å². The minimum Gasteiger partial charge on any atom is -0.355 e. The Balaban J connectivity index is -0.000000942. The van der Waals surface area contributed by atoms with E-state index in [0.29, 0.717) is 65.5 Å². The molecule has 0 saturated carbocycles. The third kappa shape index (κ3) is 31.7. The molecule has 0 spiro atoms. The SMILES string of the molecule is C=O.CC.CC(=O)N(CCC=O)CC[C@H]1CCCN1C.CCCC=O.CCCCCOP(=O)(OCCSC)C(F)(F)c1ccc2ccc(C(=O)NC)cc2c1.CN1CCC(C#N)C1.O=CS.O=c1cccc[nH]1. The van der Waals surface area contributed by atoms with Crippen LogP contribution in [0.1, 0.15) is 115 Å². The summed E-state index contributed by atoms with van der Waals surface area (Å²) in [5.74, 6) is 0.480. The van der Waals surface area contributed by atoms with Crippen molar-refractivity contribution in [2.45, 2.75) is 111 Å². The monoisotopic (exact) mass is 1080 g/mol. The Hall–Kier alpha value is -4.61. The summed E-state index contributed by atoms with van der Waals surface area (Å²) < 4.78 is 54.3. The molecule has 0 bridgehead atoms. The lowest BCUT2D eigenvalue weighted by Gasteiger charge is -2.27. The maximum Gasteiger partial charge on any atom is 0.404 e. The van der Waals surface area contributed by atoms with Gasteiger partial charge in [0.2, 0.25) is 11.5 Å². The number of nitrogens with one attached hydrogen (secondary N) is 2. The van der Waals surface area contributed by atoms with Crippen LogP contribution in [-0.2, 0) is 43.2 Å². The number of halogens is 2. The second-order valence-corrected chi connectivity index (χ2v) is 19.2. The van der Waals surface area contributed by atoms with Gasteiger partial charge in [0, 0.05) is 81.6 Å². The highest BCUT2D eigenvalue weighted by Gasteiger charge is 2.55. The Morgan fingerprint density at radius 2 is 1.62 bits per heavy atom. The number of nitrogens with zero attached hydrogens (tertiary/aromatic N) is 4. The van der Waals surface area contributed by atoms with Gasteiger partial charge in [0.25, 0.3) is 5.91 Å². The summed E-state index contributed by atoms with van der Waals surface area (Å²) in [5, 5.41) is 12.0. The zero-order chi connectivity index (χ0) is 56.1. The van der Waals surface area contributed by atoms with Gasteiger partial charge in [-0.2, -0.15) is 25.8 Å². The second-order valence-electron chi connectivity index (χ2n) is 16.0. The topological polar surface area (TPSA) is 216 Å². The van der Waals surface area contributed by atoms with Crippen LogP contribution in [0.3, 0.4) is 0 Å². The first-order valence-corrected chi connectivity index (χ1v) is 27.9. The van der Waals surface area contributed by atoms with Crippen LogP contribution >= 0.6 is 32.0 Å². The third-order valence-electron chi connectivity index (χ3n) is 10.6. The van der Waals surface area contributed by atoms with E-state index in [4.69, 9.17) is 23.9 Å². The molecule has 2 amide bonds. The van der Waals surface area contributed by atoms with Crippen LogP contribution in [0.15, 0.2) is 65.6 Å². The summed E-state index contributed by atoms with van der Waals surface area (Å²) in [6.07, 6.45) is 14.1. The summed E-state index contributed by atoms with van der Waals surface area (Å²) in [6, 6.07) is 16.6. The molecule has 3 heterocycles. The molecule has 3 aromatic rings. The molecular formula is C52H83F2N6O10PS2. The molecule has 2 N–H and O–H groups in total. The summed E-state index contributed by atoms with van der Waals surface area (Å²) in [7, 11) is 0.933. The number of aromatic nitrogens is 1. The number of pyridine rings is 1. The number of amides is 2. The maximum absolute atomic E-state index is 15.4. The molecule has 2 saturated heterocycles. The lowest BCUT2D eigenvalue weighted by Crippen LogP contribution is -2.35. The fraction of sp³-hybridized carbons (Fsp3) is 0.577. The minimum absolute atomic E-state index is 0.0532. The molecule has 21 heteroatoms. The number of likely N-dealkylation sites (tertiary alicyclic amines) is 2. The van der Waals surface area contributed by atoms with Crippen LogP contribution in [0.5, 0.6) is 0 Å². The van der Waals surface area contributed by atoms with Gasteiger partial charge in [0.15, 0.2) is 5.62 Å². The van der Waals surface area contributed by atoms with Gasteiger partial charge in [-0.3, -0.25) is 23.7 Å². The molecule has 2 aliphatic rings. The number of unbranched alkanes of at least 4 members (excludes halogenated alkanes) is 3. The van der Waals surface area contributed by atoms with Crippen LogP contribution in [0.25, 0.3) is 10.8 Å². The van der Waals surface area contributed by atoms with Crippen molar-refractivity contribution in [2.75, 3.05) is 79.1 Å². The standard InChI is InChI=1S/C21H28F2NO4PS.C12H22N2O2.C6H10N2.C5H5NO.C4H8O.C2H6.CH2OS.CH2O/c1-4-5-6-11-27-29(26,28-12-13-30-3)21(22,23)19-10-9-16-7-8-17(20(25)24-2)14-18(16)15-19;1-11(16)14(8-4-10-15)9-6-12-5-3-7-13(12)2;1-8-3-2-6(4-7)5-8;7-5-3-1-2-4-6-5;1-2-3-4-5;1-2;2-1-3;1-2/h7-10,14-15H,4-6,11-13H2,1-3H3,(H,24,25);10,12H,3-9H2,1-2H3;6H,2-3,5H2,1H3;1-4H,(H,6,7);4H,2-3H2,1H3;1-2H3;1H,(H,2,3);1H2/t;12-;;;;;;/m.1....../s1. The quantitative estimate of drug-likeness (QED) is 0.0416. The highest BCUT2D eigenvalue weighted by atomic mass is 32.2. The predicted octanol–water partition coefficient (Wildman–Crippen LogP) is 9.71. The normalized spacial score (nSPS) is 15.3. The number of thiol groups is 1. The van der Waals surface area contributed by atoms with Crippen molar-refractivity contribution in [1.82, 2.24) is 25.0 Å². The summed E-state index contributed by atoms with van der Waals surface area (Å²) in [4.78, 5) is 78.6. The van der Waals surface area contributed by atoms with E-state index in [9.17, 15) is 28.5 Å². The largest absolute Gasteiger partial charge is 0.404 e. The highest BCUT2D eigenvalue weighted by molar-refractivity contribution is 7.98. The Morgan fingerprint density at radius 1 is 0.973 bits per heavy atom. The van der Waals surface area contributed by atoms with Crippen molar-refractivity contribution in [1.29, 1.82) is 5.26 Å². The molecule has 5 rings (SSSR count). The Labute approximate surface area is 443 Å². The maximum atomic E-state index is 15.4. The summed E-state index contributed by atoms with van der Waals surface area (Å²) >= 11 is 4.51. The Kier molecular flexibility index (Phi) is 45.7. The van der Waals surface area contributed by atoms with Crippen molar-refractivity contribution >= 4 is 79.6 Å². The molecule has 0 aliphatic carbocycles. The molecule has 1 aromatic heterocycles. The second kappa shape index (κ2) is 46.0. The first-order chi connectivity index (χ1) is 35.0. The van der Waals surface area contributed by atoms with E-state index >= 15 is 8.78 Å². The molecule has 2 fully saturated rings. The van der Waals surface area contributed by atoms with Gasteiger partial charge in [0.1, 0.15) is 19.4 Å². The molecule has 412 valence electrons. The smallest absolute Gasteiger partial charge is 0.355 e. The molecule has 16 nitrogen and oxygen atoms in total. The molecular weight excluding hydrogens is 1000 g/mol. The number of aromatic amines is 1. The number of carbonyl (C=O) groups is 6. The van der Waals surface area contributed by atoms with Crippen molar-refractivity contribution in [3.05, 3.63) is 82.3 Å². The van der Waals surface area contributed by atoms with Crippen LogP contribution in [0.4, 0.5) is 8.78 Å². The zero-order valence-electron chi connectivity index (χ0n) is 44.5. The fourth-order valence-electron chi connectivity index (χ4n) is 6.67. The number of benzene rings is 2. The van der Waals surface area contributed by atoms with Crippen molar-refractivity contribution in [2.24, 2.45) is 5.92 Å². The van der Waals surface area contributed by atoms with Crippen molar-refractivity contribution < 1.29 is 51.2 Å². The van der Waals surface area contributed by atoms with E-state index in [1.807, 2.05) is 40.7 Å². The number of hydrogen-bond donors (Lipinski definition) is 3. The summed E-state index contributed by atoms with van der Waals surface area (Å²) in [5.41, 5.74) is -3.55. The first-order valence-electron chi connectivity index (χ1n) is 24.4. The number of alkyl halides is 2. The molecule has 3 atom stereocenters. The number of thioether (sulfide) groups is 1. The van der Waals surface area contributed by atoms with E-state index in [1.165, 1.54) is 68.5 Å². The van der Waals surface area contributed by atoms with Gasteiger partial charge in [-0.25, -0.2) is 0 Å². The van der Waals surface area contributed by atoms with Gasteiger partial charge < -0.3 is 48.4 Å². The Bertz CT molecular complexity index is 2080. The molecule has 73 heavy (non-hydrogen) atoms. The predicted molar refractivity (Wildman–Crippen MR) is 295 cm³/mol. The first kappa shape index (κ1) is 72.6. The zero-order valence-corrected chi connectivity index (χ0v) is 47.1. The minimum atomic E-state index is -4.75. The van der Waals surface area contributed by atoms with Gasteiger partial charge in [0.05, 0.1) is 25.2 Å². The van der Waals surface area contributed by atoms with E-state index in [0.717, 1.165) is 64.3 Å². The van der Waals surface area contributed by atoms with Gasteiger partial charge in [-0.15, -0.1) is 12.6 Å². The van der Waals surface area contributed by atoms with Crippen molar-refractivity contribution in [3.8, 4) is 6.07 Å². The third-order valence-corrected chi connectivity index (χ3v) is 13.2. The lowest BCUT2D eigenvalue weighted by molar-refractivity contribution is -0.129. The van der Waals surface area contributed by atoms with Crippen LogP contribution in [0, 0.1) is 17.2 Å². The lowest BCUT2D eigenvalue weighted by atomic mass is 10.0. The van der Waals surface area contributed by atoms with Crippen LogP contribution in [0.2, 0.25) is 0 Å². The molecule has 2 aliphatic heterocycles. The number of rotatable bonds is 20. The van der Waals surface area contributed by atoms with Gasteiger partial charge >= 0.3 is 13.3 Å². The number of hydrogen-bond acceptors (Lipinski definition) is 14. The molecule has 0 radical (unpaired) electrons. The number of carbonyl (C=O) groups excluding carboxylic acids is 6.